The Kier molecular flexibility index (Phi) is 16.9. The number of halogens is 2. The second-order valence-electron chi connectivity index (χ2n) is 13.7. The first-order chi connectivity index (χ1) is 27.0. The van der Waals surface area contributed by atoms with Gasteiger partial charge >= 0.3 is 0 Å². The van der Waals surface area contributed by atoms with Crippen LogP contribution in [0.3, 0.4) is 0 Å². The first-order valence-corrected chi connectivity index (χ1v) is 21.8. The number of rotatable bonds is 6. The highest BCUT2D eigenvalue weighted by Gasteiger charge is 2.30. The minimum absolute atomic E-state index is 0. The number of H-pyrrole nitrogens is 2. The molecule has 2 N–H and O–H groups in total. The number of amides is 2. The molecule has 0 radical (unpaired) electrons. The summed E-state index contributed by atoms with van der Waals surface area (Å²) in [6, 6.07) is 17.1. The van der Waals surface area contributed by atoms with Gasteiger partial charge < -0.3 is 53.1 Å². The molecule has 57 heavy (non-hydrogen) atoms. The normalized spacial score (nSPS) is 14.8. The van der Waals surface area contributed by atoms with Crippen LogP contribution < -0.4 is 24.0 Å². The molecule has 300 valence electrons. The van der Waals surface area contributed by atoms with Crippen LogP contribution in [-0.4, -0.2) is 141 Å². The van der Waals surface area contributed by atoms with Crippen molar-refractivity contribution in [2.45, 2.75) is 6.92 Å². The number of nitrogens with one attached hydrogen (secondary N) is 2. The van der Waals surface area contributed by atoms with Crippen LogP contribution in [0.1, 0.15) is 58.6 Å². The standard InChI is InChI=1S/C19H20N4O2S.C18H18N4O2S.C2H3N.CH3I.HI/c1-23(2)9-7-22(8-10-23)19(25)16-12-26-18(21-16)17(24)14-11-20-15-6-4-3-5-13(14)15;1-21-6-8-22(9-7-21)18(24)15-11-25-17(20-15)16(23)13-10-19-14-5-3-2-4-12(13)14;1-2-3;1-2;/h3-6,11-12H,7-10H2,1-2H3;2-5,10-11,19H,6-9H2,1H3;1H3;1H3;1H. The van der Waals surface area contributed by atoms with Crippen LogP contribution in [0.5, 0.6) is 0 Å². The third-order valence-electron chi connectivity index (χ3n) is 9.53. The molecule has 0 unspecified atom stereocenters. The zero-order valence-electron chi connectivity index (χ0n) is 32.4. The molecule has 8 rings (SSSR count). The topological polar surface area (TPSA) is 159 Å². The number of nitrogens with zero attached hydrogens (tertiary/aromatic N) is 7. The number of fused-ring (bicyclic) bond motifs is 2. The predicted octanol–water partition coefficient (Wildman–Crippen LogP) is 3.22. The molecule has 13 nitrogen and oxygen atoms in total. The lowest BCUT2D eigenvalue weighted by Crippen LogP contribution is -3.00. The van der Waals surface area contributed by atoms with Crippen molar-refractivity contribution in [3.63, 3.8) is 0 Å². The van der Waals surface area contributed by atoms with Crippen molar-refractivity contribution in [2.75, 3.05) is 78.4 Å². The first kappa shape index (κ1) is 45.6. The summed E-state index contributed by atoms with van der Waals surface area (Å²) in [7, 11) is 6.38. The Labute approximate surface area is 370 Å². The van der Waals surface area contributed by atoms with Gasteiger partial charge in [0.1, 0.15) is 11.4 Å². The number of hydrogen-bond acceptors (Lipinski definition) is 10. The highest BCUT2D eigenvalue weighted by Crippen LogP contribution is 2.25. The zero-order chi connectivity index (χ0) is 40.4. The van der Waals surface area contributed by atoms with Gasteiger partial charge in [-0.2, -0.15) is 5.26 Å². The quantitative estimate of drug-likeness (QED) is 0.112. The van der Waals surface area contributed by atoms with E-state index >= 15 is 0 Å². The van der Waals surface area contributed by atoms with Crippen LogP contribution in [-0.2, 0) is 0 Å². The number of aromatic nitrogens is 4. The molecule has 0 spiro atoms. The highest BCUT2D eigenvalue weighted by atomic mass is 127. The number of ketones is 2. The molecular formula is C40H45I2N9O4S2. The number of aromatic amines is 2. The van der Waals surface area contributed by atoms with E-state index in [1.54, 1.807) is 34.1 Å². The van der Waals surface area contributed by atoms with Gasteiger partial charge in [0, 0.05) is 78.1 Å². The van der Waals surface area contributed by atoms with Crippen LogP contribution in [0, 0.1) is 11.3 Å². The van der Waals surface area contributed by atoms with Gasteiger partial charge in [0.25, 0.3) is 11.8 Å². The van der Waals surface area contributed by atoms with E-state index in [1.807, 2.05) is 65.4 Å². The summed E-state index contributed by atoms with van der Waals surface area (Å²) < 4.78 is 0.922. The van der Waals surface area contributed by atoms with E-state index in [4.69, 9.17) is 5.26 Å². The van der Waals surface area contributed by atoms with E-state index < -0.39 is 0 Å². The Hall–Kier alpha value is -4.07. The fourth-order valence-corrected chi connectivity index (χ4v) is 7.73. The number of para-hydroxylation sites is 2. The summed E-state index contributed by atoms with van der Waals surface area (Å²) >= 11 is 4.61. The maximum absolute atomic E-state index is 12.8. The largest absolute Gasteiger partial charge is 1.00 e. The zero-order valence-corrected chi connectivity index (χ0v) is 38.4. The van der Waals surface area contributed by atoms with Crippen molar-refractivity contribution in [1.29, 1.82) is 5.26 Å². The van der Waals surface area contributed by atoms with Gasteiger partial charge in [-0.1, -0.05) is 59.0 Å². The number of alkyl halides is 1. The van der Waals surface area contributed by atoms with E-state index in [-0.39, 0.29) is 47.4 Å². The molecule has 4 aromatic heterocycles. The highest BCUT2D eigenvalue weighted by molar-refractivity contribution is 14.1. The van der Waals surface area contributed by atoms with Crippen LogP contribution in [0.2, 0.25) is 0 Å². The Morgan fingerprint density at radius 1 is 0.719 bits per heavy atom. The second kappa shape index (κ2) is 21.1. The Bertz CT molecular complexity index is 2340. The van der Waals surface area contributed by atoms with Crippen LogP contribution in [0.25, 0.3) is 21.8 Å². The lowest BCUT2D eigenvalue weighted by atomic mass is 10.1. The van der Waals surface area contributed by atoms with Crippen LogP contribution in [0.4, 0.5) is 0 Å². The number of piperazine rings is 2. The molecule has 0 bridgehead atoms. The van der Waals surface area contributed by atoms with Crippen molar-refractivity contribution >= 4 is 90.5 Å². The monoisotopic (exact) mass is 1030 g/mol. The smallest absolute Gasteiger partial charge is 0.273 e. The first-order valence-electron chi connectivity index (χ1n) is 17.9. The van der Waals surface area contributed by atoms with E-state index in [9.17, 15) is 19.2 Å². The third-order valence-corrected chi connectivity index (χ3v) is 11.2. The molecule has 0 atom stereocenters. The maximum atomic E-state index is 12.8. The average Bonchev–Trinajstić information content (AvgIpc) is 4.05. The van der Waals surface area contributed by atoms with Gasteiger partial charge in [0.05, 0.1) is 57.5 Å². The molecule has 2 aliphatic rings. The van der Waals surface area contributed by atoms with Gasteiger partial charge in [-0.3, -0.25) is 19.2 Å². The number of thiazole rings is 2. The average molecular weight is 1030 g/mol. The van der Waals surface area contributed by atoms with Crippen molar-refractivity contribution in [3.05, 3.63) is 104 Å². The molecule has 2 fully saturated rings. The summed E-state index contributed by atoms with van der Waals surface area (Å²) in [4.78, 5) is 73.5. The van der Waals surface area contributed by atoms with Gasteiger partial charge in [-0.05, 0) is 24.1 Å². The van der Waals surface area contributed by atoms with E-state index in [1.165, 1.54) is 29.6 Å². The summed E-state index contributed by atoms with van der Waals surface area (Å²) in [6.07, 6.45) is 3.41. The minimum Gasteiger partial charge on any atom is -1.00 e. The van der Waals surface area contributed by atoms with Crippen molar-refractivity contribution in [2.24, 2.45) is 0 Å². The number of likely N-dealkylation sites (N-methyl/N-ethyl adjacent to an activating group) is 2. The molecule has 2 amide bonds. The van der Waals surface area contributed by atoms with Gasteiger partial charge in [-0.25, -0.2) is 9.97 Å². The molecule has 2 aromatic carbocycles. The van der Waals surface area contributed by atoms with Gasteiger partial charge in [0.15, 0.2) is 10.0 Å². The number of carbonyl (C=O) groups excluding carboxylic acids is 4. The molecule has 0 saturated carbocycles. The predicted molar refractivity (Wildman–Crippen MR) is 230 cm³/mol. The fraction of sp³-hybridized carbons (Fsp3) is 0.325. The number of benzene rings is 2. The summed E-state index contributed by atoms with van der Waals surface area (Å²) in [5.41, 5.74) is 3.73. The summed E-state index contributed by atoms with van der Waals surface area (Å²) in [6.45, 7) is 7.82. The SMILES string of the molecule is CC#N.CI.CN1CCN(C(=O)c2csc(C(=O)c3c[nH]c4ccccc34)n2)CC1.C[N+]1(C)CCN(C(=O)c2csc(C(=O)c3c[nH]c4ccccc34)n2)CC1.[I-]. The van der Waals surface area contributed by atoms with Crippen molar-refractivity contribution in [3.8, 4) is 6.07 Å². The van der Waals surface area contributed by atoms with Crippen molar-refractivity contribution in [1.82, 2.24) is 34.6 Å². The summed E-state index contributed by atoms with van der Waals surface area (Å²) in [5.74, 6) is -0.482. The third kappa shape index (κ3) is 11.1. The van der Waals surface area contributed by atoms with Crippen LogP contribution in [0.15, 0.2) is 71.7 Å². The number of hydrogen-bond donors (Lipinski definition) is 2. The van der Waals surface area contributed by atoms with E-state index in [0.29, 0.717) is 45.6 Å². The fourth-order valence-electron chi connectivity index (χ4n) is 6.24. The molecule has 2 saturated heterocycles. The Morgan fingerprint density at radius 3 is 1.53 bits per heavy atom. The summed E-state index contributed by atoms with van der Waals surface area (Å²) in [5, 5.41) is 13.1. The number of nitriles is 1. The molecule has 6 heterocycles. The number of quaternary nitrogens is 1. The molecule has 6 aromatic rings. The molecular weight excluding hydrogens is 988 g/mol. The molecule has 0 aliphatic carbocycles. The lowest BCUT2D eigenvalue weighted by molar-refractivity contribution is -0.894. The minimum atomic E-state index is -0.153. The number of carbonyl (C=O) groups is 4. The molecule has 17 heteroatoms. The second-order valence-corrected chi connectivity index (χ2v) is 15.4. The van der Waals surface area contributed by atoms with E-state index in [2.05, 4.69) is 61.5 Å². The van der Waals surface area contributed by atoms with Crippen molar-refractivity contribution < 1.29 is 47.6 Å². The molecule has 2 aliphatic heterocycles. The van der Waals surface area contributed by atoms with Crippen LogP contribution >= 0.6 is 45.3 Å². The Morgan fingerprint density at radius 2 is 1.11 bits per heavy atom. The van der Waals surface area contributed by atoms with Gasteiger partial charge in [-0.15, -0.1) is 22.7 Å². The lowest BCUT2D eigenvalue weighted by Gasteiger charge is -2.38. The van der Waals surface area contributed by atoms with E-state index in [0.717, 1.165) is 65.6 Å². The van der Waals surface area contributed by atoms with Gasteiger partial charge in [0.2, 0.25) is 11.6 Å². The Balaban J connectivity index is 0.000000224. The maximum Gasteiger partial charge on any atom is 0.273 e.